The van der Waals surface area contributed by atoms with Crippen LogP contribution in [0.15, 0.2) is 35.4 Å². The van der Waals surface area contributed by atoms with Gasteiger partial charge in [0.15, 0.2) is 0 Å². The number of pyridine rings is 1. The molecule has 0 bridgehead atoms. The number of aromatic nitrogens is 1. The highest BCUT2D eigenvalue weighted by Crippen LogP contribution is 2.24. The third-order valence-electron chi connectivity index (χ3n) is 3.13. The van der Waals surface area contributed by atoms with E-state index in [0.29, 0.717) is 5.52 Å². The zero-order chi connectivity index (χ0) is 15.5. The van der Waals surface area contributed by atoms with Crippen molar-refractivity contribution in [2.75, 3.05) is 26.3 Å². The Morgan fingerprint density at radius 1 is 1.19 bits per heavy atom. The Hall–Kier alpha value is -1.54. The fraction of sp³-hybridized carbons (Fsp3) is 0.357. The molecule has 0 saturated heterocycles. The van der Waals surface area contributed by atoms with Gasteiger partial charge in [0, 0.05) is 24.7 Å². The molecule has 2 N–H and O–H groups in total. The number of hydrogen-bond donors (Lipinski definition) is 2. The quantitative estimate of drug-likeness (QED) is 0.811. The van der Waals surface area contributed by atoms with Crippen LogP contribution in [0.2, 0.25) is 0 Å². The number of fused-ring (bicyclic) bond motifs is 1. The smallest absolute Gasteiger partial charge is 0.245 e. The van der Waals surface area contributed by atoms with E-state index in [4.69, 9.17) is 10.2 Å². The number of hydrogen-bond acceptors (Lipinski definition) is 5. The largest absolute Gasteiger partial charge is 0.395 e. The van der Waals surface area contributed by atoms with Crippen molar-refractivity contribution >= 4 is 20.9 Å². The van der Waals surface area contributed by atoms with E-state index >= 15 is 0 Å². The average Bonchev–Trinajstić information content (AvgIpc) is 2.46. The first-order chi connectivity index (χ1) is 10.0. The lowest BCUT2D eigenvalue weighted by atomic mass is 10.2. The maximum Gasteiger partial charge on any atom is 0.245 e. The molecule has 0 atom stereocenters. The number of aliphatic hydroxyl groups is 2. The van der Waals surface area contributed by atoms with Crippen LogP contribution in [-0.4, -0.2) is 54.2 Å². The average molecular weight is 310 g/mol. The number of benzene rings is 1. The van der Waals surface area contributed by atoms with Crippen LogP contribution >= 0.6 is 0 Å². The van der Waals surface area contributed by atoms with Crippen molar-refractivity contribution in [1.29, 1.82) is 0 Å². The number of aryl methyl sites for hydroxylation is 1. The van der Waals surface area contributed by atoms with E-state index in [1.807, 2.05) is 13.0 Å². The van der Waals surface area contributed by atoms with Crippen molar-refractivity contribution < 1.29 is 18.6 Å². The lowest BCUT2D eigenvalue weighted by Gasteiger charge is -2.20. The van der Waals surface area contributed by atoms with Gasteiger partial charge < -0.3 is 10.2 Å². The summed E-state index contributed by atoms with van der Waals surface area (Å²) in [4.78, 5) is 4.30. The SMILES string of the molecule is Cc1cnc2c(S(=O)(=O)N(CCO)CCO)cccc2c1. The van der Waals surface area contributed by atoms with E-state index in [-0.39, 0.29) is 31.2 Å². The summed E-state index contributed by atoms with van der Waals surface area (Å²) in [6.07, 6.45) is 1.61. The Morgan fingerprint density at radius 2 is 1.86 bits per heavy atom. The van der Waals surface area contributed by atoms with Gasteiger partial charge in [0.2, 0.25) is 10.0 Å². The normalized spacial score (nSPS) is 12.2. The lowest BCUT2D eigenvalue weighted by Crippen LogP contribution is -2.36. The summed E-state index contributed by atoms with van der Waals surface area (Å²) < 4.78 is 26.4. The molecule has 21 heavy (non-hydrogen) atoms. The van der Waals surface area contributed by atoms with Gasteiger partial charge in [-0.3, -0.25) is 4.98 Å². The Morgan fingerprint density at radius 3 is 2.48 bits per heavy atom. The van der Waals surface area contributed by atoms with E-state index in [2.05, 4.69) is 4.98 Å². The number of rotatable bonds is 6. The highest BCUT2D eigenvalue weighted by Gasteiger charge is 2.26. The second kappa shape index (κ2) is 6.48. The summed E-state index contributed by atoms with van der Waals surface area (Å²) in [5, 5.41) is 18.8. The van der Waals surface area contributed by atoms with E-state index < -0.39 is 10.0 Å². The Kier molecular flexibility index (Phi) is 4.89. The summed E-state index contributed by atoms with van der Waals surface area (Å²) in [5.41, 5.74) is 1.34. The molecule has 1 heterocycles. The summed E-state index contributed by atoms with van der Waals surface area (Å²) in [6.45, 7) is 1.14. The number of nitrogens with zero attached hydrogens (tertiary/aromatic N) is 2. The minimum atomic E-state index is -3.81. The van der Waals surface area contributed by atoms with Crippen LogP contribution in [0.1, 0.15) is 5.56 Å². The molecule has 1 aromatic carbocycles. The summed E-state index contributed by atoms with van der Waals surface area (Å²) in [5.74, 6) is 0. The van der Waals surface area contributed by atoms with Crippen molar-refractivity contribution in [3.8, 4) is 0 Å². The molecule has 0 radical (unpaired) electrons. The molecule has 2 rings (SSSR count). The van der Waals surface area contributed by atoms with Gasteiger partial charge in [-0.1, -0.05) is 12.1 Å². The van der Waals surface area contributed by atoms with Gasteiger partial charge in [0.1, 0.15) is 4.90 Å². The van der Waals surface area contributed by atoms with E-state index in [0.717, 1.165) is 15.3 Å². The predicted octanol–water partition coefficient (Wildman–Crippen LogP) is 0.519. The van der Waals surface area contributed by atoms with Crippen LogP contribution < -0.4 is 0 Å². The van der Waals surface area contributed by atoms with Crippen molar-refractivity contribution in [3.63, 3.8) is 0 Å². The van der Waals surface area contributed by atoms with E-state index in [1.54, 1.807) is 18.3 Å². The molecule has 0 aliphatic rings. The third-order valence-corrected chi connectivity index (χ3v) is 5.06. The topological polar surface area (TPSA) is 90.7 Å². The van der Waals surface area contributed by atoms with Crippen molar-refractivity contribution in [2.45, 2.75) is 11.8 Å². The predicted molar refractivity (Wildman–Crippen MR) is 79.4 cm³/mol. The Bertz CT molecular complexity index is 725. The van der Waals surface area contributed by atoms with Crippen molar-refractivity contribution in [1.82, 2.24) is 9.29 Å². The van der Waals surface area contributed by atoms with Gasteiger partial charge in [-0.15, -0.1) is 0 Å². The molecule has 2 aromatic rings. The molecule has 1 aromatic heterocycles. The van der Waals surface area contributed by atoms with Crippen LogP contribution in [0.4, 0.5) is 0 Å². The molecule has 6 nitrogen and oxygen atoms in total. The van der Waals surface area contributed by atoms with E-state index in [1.165, 1.54) is 6.07 Å². The zero-order valence-corrected chi connectivity index (χ0v) is 12.5. The molecule has 0 aliphatic carbocycles. The summed E-state index contributed by atoms with van der Waals surface area (Å²) in [7, 11) is -3.81. The highest BCUT2D eigenvalue weighted by molar-refractivity contribution is 7.89. The second-order valence-corrected chi connectivity index (χ2v) is 6.60. The molecular formula is C14H18N2O4S. The molecule has 0 spiro atoms. The zero-order valence-electron chi connectivity index (χ0n) is 11.7. The molecule has 114 valence electrons. The maximum absolute atomic E-state index is 12.7. The first kappa shape index (κ1) is 15.8. The number of aliphatic hydroxyl groups excluding tert-OH is 2. The summed E-state index contributed by atoms with van der Waals surface area (Å²) >= 11 is 0. The maximum atomic E-state index is 12.7. The number of sulfonamides is 1. The van der Waals surface area contributed by atoms with Gasteiger partial charge in [-0.05, 0) is 24.6 Å². The molecule has 0 amide bonds. The van der Waals surface area contributed by atoms with Gasteiger partial charge >= 0.3 is 0 Å². The Labute approximate surface area is 123 Å². The molecule has 0 fully saturated rings. The van der Waals surface area contributed by atoms with Gasteiger partial charge in [0.05, 0.1) is 18.7 Å². The van der Waals surface area contributed by atoms with Crippen LogP contribution in [0, 0.1) is 6.92 Å². The van der Waals surface area contributed by atoms with Crippen molar-refractivity contribution in [2.24, 2.45) is 0 Å². The fourth-order valence-electron chi connectivity index (χ4n) is 2.17. The van der Waals surface area contributed by atoms with Crippen LogP contribution in [0.5, 0.6) is 0 Å². The molecule has 0 aliphatic heterocycles. The Balaban J connectivity index is 2.58. The number of para-hydroxylation sites is 1. The fourth-order valence-corrected chi connectivity index (χ4v) is 3.75. The lowest BCUT2D eigenvalue weighted by molar-refractivity contribution is 0.217. The van der Waals surface area contributed by atoms with Crippen molar-refractivity contribution in [3.05, 3.63) is 36.0 Å². The molecule has 0 unspecified atom stereocenters. The second-order valence-electron chi connectivity index (χ2n) is 4.69. The molecule has 0 saturated carbocycles. The van der Waals surface area contributed by atoms with Gasteiger partial charge in [-0.25, -0.2) is 8.42 Å². The van der Waals surface area contributed by atoms with Crippen LogP contribution in [0.3, 0.4) is 0 Å². The minimum absolute atomic E-state index is 0.0643. The first-order valence-corrected chi connectivity index (χ1v) is 8.02. The summed E-state index contributed by atoms with van der Waals surface area (Å²) in [6, 6.07) is 6.81. The minimum Gasteiger partial charge on any atom is -0.395 e. The third kappa shape index (κ3) is 3.21. The van der Waals surface area contributed by atoms with E-state index in [9.17, 15) is 8.42 Å². The van der Waals surface area contributed by atoms with Gasteiger partial charge in [0.25, 0.3) is 0 Å². The van der Waals surface area contributed by atoms with Gasteiger partial charge in [-0.2, -0.15) is 4.31 Å². The standard InChI is InChI=1S/C14H18N2O4S/c1-11-9-12-3-2-4-13(14(12)15-10-11)21(19,20)16(5-7-17)6-8-18/h2-4,9-10,17-18H,5-8H2,1H3. The first-order valence-electron chi connectivity index (χ1n) is 6.58. The highest BCUT2D eigenvalue weighted by atomic mass is 32.2. The van der Waals surface area contributed by atoms with Crippen LogP contribution in [-0.2, 0) is 10.0 Å². The molecular weight excluding hydrogens is 292 g/mol. The van der Waals surface area contributed by atoms with Crippen LogP contribution in [0.25, 0.3) is 10.9 Å². The monoisotopic (exact) mass is 310 g/mol. The molecule has 7 heteroatoms.